The molecule has 6 fully saturated rings. The van der Waals surface area contributed by atoms with Crippen LogP contribution in [0.5, 0.6) is 0 Å². The van der Waals surface area contributed by atoms with Gasteiger partial charge in [0.1, 0.15) is 36.6 Å². The second-order valence-electron chi connectivity index (χ2n) is 20.2. The van der Waals surface area contributed by atoms with Crippen LogP contribution in [0.15, 0.2) is 11.6 Å². The van der Waals surface area contributed by atoms with E-state index in [1.807, 2.05) is 0 Å². The number of aliphatic carboxylic acids is 2. The van der Waals surface area contributed by atoms with E-state index < -0.39 is 90.8 Å². The van der Waals surface area contributed by atoms with Crippen LogP contribution in [0.25, 0.3) is 0 Å². The summed E-state index contributed by atoms with van der Waals surface area (Å²) >= 11 is 0. The summed E-state index contributed by atoms with van der Waals surface area (Å²) in [6.45, 7) is 15.6. The summed E-state index contributed by atoms with van der Waals surface area (Å²) in [7, 11) is 0. The third-order valence-corrected chi connectivity index (χ3v) is 16.9. The van der Waals surface area contributed by atoms with Crippen molar-refractivity contribution in [1.29, 1.82) is 0 Å². The van der Waals surface area contributed by atoms with Gasteiger partial charge in [0.05, 0.1) is 18.1 Å². The standard InChI is InChI=1S/C41H64O13/c1-36(2)14-16-41(35(49)50)17-15-39(6)20(21(41)18-36)8-9-24-38(5)12-11-25(37(3,4)23(38)10-13-40(24,39)7)52-34-29(46)27(44)30(31(54-34)32(47)48)53-33-28(45)26(43)22(19-42)51-33/h8,21-31,33-34,42-46H,9-19H2,1-7H3,(H,47,48)(H,49,50)/t21-,22-,23-,24+,25-,26-,27+,28+,29+,30-,31-,33-,34+,38-,39+,40+,41-/m0/s1. The minimum Gasteiger partial charge on any atom is -0.481 e. The van der Waals surface area contributed by atoms with Crippen molar-refractivity contribution in [3.63, 3.8) is 0 Å². The van der Waals surface area contributed by atoms with Crippen LogP contribution in [0.3, 0.4) is 0 Å². The highest BCUT2D eigenvalue weighted by Crippen LogP contribution is 2.76. The van der Waals surface area contributed by atoms with E-state index in [2.05, 4.69) is 54.5 Å². The lowest BCUT2D eigenvalue weighted by Gasteiger charge is -2.71. The van der Waals surface area contributed by atoms with Crippen LogP contribution < -0.4 is 0 Å². The van der Waals surface area contributed by atoms with Crippen LogP contribution in [0, 0.1) is 50.2 Å². The van der Waals surface area contributed by atoms with E-state index in [1.165, 1.54) is 5.57 Å². The van der Waals surface area contributed by atoms with Crippen LogP contribution in [0.1, 0.15) is 113 Å². The zero-order chi connectivity index (χ0) is 39.6. The molecule has 13 heteroatoms. The number of ether oxygens (including phenoxy) is 4. The number of aliphatic hydroxyl groups excluding tert-OH is 5. The van der Waals surface area contributed by atoms with Gasteiger partial charge in [-0.2, -0.15) is 0 Å². The number of fused-ring (bicyclic) bond motifs is 7. The number of hydrogen-bond donors (Lipinski definition) is 7. The van der Waals surface area contributed by atoms with Gasteiger partial charge in [-0.15, -0.1) is 0 Å². The van der Waals surface area contributed by atoms with Crippen LogP contribution in [0.4, 0.5) is 0 Å². The molecule has 17 atom stereocenters. The second kappa shape index (κ2) is 13.4. The molecule has 2 saturated heterocycles. The molecule has 13 nitrogen and oxygen atoms in total. The number of carboxylic acids is 2. The summed E-state index contributed by atoms with van der Waals surface area (Å²) in [6, 6.07) is 0. The number of hydrogen-bond acceptors (Lipinski definition) is 11. The highest BCUT2D eigenvalue weighted by molar-refractivity contribution is 5.76. The molecule has 4 saturated carbocycles. The predicted molar refractivity (Wildman–Crippen MR) is 192 cm³/mol. The molecular weight excluding hydrogens is 700 g/mol. The largest absolute Gasteiger partial charge is 0.481 e. The topological polar surface area (TPSA) is 213 Å². The van der Waals surface area contributed by atoms with Crippen molar-refractivity contribution in [3.8, 4) is 0 Å². The summed E-state index contributed by atoms with van der Waals surface area (Å²) in [6.07, 6.45) is -3.88. The Balaban J connectivity index is 1.10. The SMILES string of the molecule is CC1(C)CC[C@]2(C(=O)O)CC[C@]3(C)C(=CC[C@@H]4[C@@]5(C)CC[C@H](O[C@@H]6O[C@H](C(=O)O)[C@@H](O[C@@H]7O[C@@H](CO)[C@H](O)[C@H]7O)[C@H](O)[C@H]6O)C(C)(C)[C@@H]5CC[C@]43C)[C@@H]2C1. The van der Waals surface area contributed by atoms with Crippen molar-refractivity contribution in [1.82, 2.24) is 0 Å². The molecule has 0 aromatic heterocycles. The van der Waals surface area contributed by atoms with Gasteiger partial charge in [0, 0.05) is 0 Å². The van der Waals surface area contributed by atoms with Gasteiger partial charge in [-0.05, 0) is 109 Å². The van der Waals surface area contributed by atoms with Crippen LogP contribution in [-0.2, 0) is 28.5 Å². The lowest BCUT2D eigenvalue weighted by molar-refractivity contribution is -0.342. The fourth-order valence-corrected chi connectivity index (χ4v) is 13.4. The van der Waals surface area contributed by atoms with Gasteiger partial charge in [0.2, 0.25) is 0 Å². The van der Waals surface area contributed by atoms with Gasteiger partial charge in [-0.25, -0.2) is 4.79 Å². The molecule has 2 heterocycles. The molecule has 0 radical (unpaired) electrons. The van der Waals surface area contributed by atoms with Gasteiger partial charge >= 0.3 is 11.9 Å². The number of aliphatic hydroxyl groups is 5. The molecule has 2 aliphatic heterocycles. The molecule has 0 amide bonds. The maximum absolute atomic E-state index is 13.0. The molecule has 7 rings (SSSR count). The fourth-order valence-electron chi connectivity index (χ4n) is 13.4. The monoisotopic (exact) mass is 764 g/mol. The third kappa shape index (κ3) is 5.80. The normalized spacial score (nSPS) is 52.2. The zero-order valence-corrected chi connectivity index (χ0v) is 32.9. The number of carboxylic acid groups (broad SMARTS) is 2. The second-order valence-corrected chi connectivity index (χ2v) is 20.2. The van der Waals surface area contributed by atoms with E-state index in [0.717, 1.165) is 51.4 Å². The van der Waals surface area contributed by atoms with E-state index in [0.29, 0.717) is 18.8 Å². The summed E-state index contributed by atoms with van der Waals surface area (Å²) in [5.41, 5.74) is 0.157. The molecule has 7 N–H and O–H groups in total. The van der Waals surface area contributed by atoms with Crippen LogP contribution >= 0.6 is 0 Å². The van der Waals surface area contributed by atoms with Crippen molar-refractivity contribution in [2.24, 2.45) is 50.2 Å². The van der Waals surface area contributed by atoms with Gasteiger partial charge in [-0.3, -0.25) is 4.79 Å². The Morgan fingerprint density at radius 2 is 1.43 bits per heavy atom. The number of carbonyl (C=O) groups is 2. The average molecular weight is 765 g/mol. The maximum atomic E-state index is 13.0. The van der Waals surface area contributed by atoms with Gasteiger partial charge < -0.3 is 54.7 Å². The summed E-state index contributed by atoms with van der Waals surface area (Å²) in [4.78, 5) is 25.4. The maximum Gasteiger partial charge on any atom is 0.335 e. The fraction of sp³-hybridized carbons (Fsp3) is 0.902. The highest BCUT2D eigenvalue weighted by atomic mass is 16.7. The predicted octanol–water partition coefficient (Wildman–Crippen LogP) is 3.61. The Morgan fingerprint density at radius 1 is 0.778 bits per heavy atom. The minimum atomic E-state index is -1.80. The number of allylic oxidation sites excluding steroid dienone is 2. The van der Waals surface area contributed by atoms with E-state index in [4.69, 9.17) is 18.9 Å². The van der Waals surface area contributed by atoms with Crippen LogP contribution in [-0.4, -0.2) is 116 Å². The molecule has 0 aromatic rings. The van der Waals surface area contributed by atoms with E-state index in [1.54, 1.807) is 0 Å². The lowest BCUT2D eigenvalue weighted by atomic mass is 9.33. The molecule has 0 bridgehead atoms. The van der Waals surface area contributed by atoms with E-state index in [9.17, 15) is 45.3 Å². The molecule has 5 aliphatic carbocycles. The van der Waals surface area contributed by atoms with Crippen LogP contribution in [0.2, 0.25) is 0 Å². The Bertz CT molecular complexity index is 1510. The molecule has 0 unspecified atom stereocenters. The first-order chi connectivity index (χ1) is 25.1. The van der Waals surface area contributed by atoms with E-state index >= 15 is 0 Å². The number of rotatable bonds is 7. The van der Waals surface area contributed by atoms with Crippen molar-refractivity contribution in [2.75, 3.05) is 6.61 Å². The minimum absolute atomic E-state index is 0.0291. The quantitative estimate of drug-likeness (QED) is 0.146. The van der Waals surface area contributed by atoms with Crippen molar-refractivity contribution < 1.29 is 64.3 Å². The first kappa shape index (κ1) is 40.5. The first-order valence-electron chi connectivity index (χ1n) is 20.2. The van der Waals surface area contributed by atoms with Crippen molar-refractivity contribution >= 4 is 11.9 Å². The first-order valence-corrected chi connectivity index (χ1v) is 20.2. The molecule has 54 heavy (non-hydrogen) atoms. The average Bonchev–Trinajstić information content (AvgIpc) is 3.36. The van der Waals surface area contributed by atoms with Gasteiger partial charge in [0.25, 0.3) is 0 Å². The molecule has 0 aromatic carbocycles. The Labute approximate surface area is 318 Å². The lowest BCUT2D eigenvalue weighted by Crippen LogP contribution is -2.66. The van der Waals surface area contributed by atoms with Gasteiger partial charge in [-0.1, -0.05) is 60.1 Å². The molecule has 306 valence electrons. The Morgan fingerprint density at radius 3 is 2.06 bits per heavy atom. The Kier molecular flexibility index (Phi) is 10.1. The van der Waals surface area contributed by atoms with Crippen molar-refractivity contribution in [3.05, 3.63) is 11.6 Å². The highest BCUT2D eigenvalue weighted by Gasteiger charge is 2.69. The summed E-state index contributed by atoms with van der Waals surface area (Å²) < 4.78 is 23.3. The summed E-state index contributed by atoms with van der Waals surface area (Å²) in [5, 5.41) is 73.2. The smallest absolute Gasteiger partial charge is 0.335 e. The molecule has 7 aliphatic rings. The third-order valence-electron chi connectivity index (χ3n) is 16.9. The van der Waals surface area contributed by atoms with E-state index in [-0.39, 0.29) is 33.5 Å². The van der Waals surface area contributed by atoms with Crippen molar-refractivity contribution in [2.45, 2.75) is 174 Å². The molecule has 0 spiro atoms. The Hall–Kier alpha value is -1.68. The molecular formula is C41H64O13. The zero-order valence-electron chi connectivity index (χ0n) is 32.9. The van der Waals surface area contributed by atoms with Gasteiger partial charge in [0.15, 0.2) is 18.7 Å². The summed E-state index contributed by atoms with van der Waals surface area (Å²) in [5.74, 6) is -1.50.